The topological polar surface area (TPSA) is 245 Å². The van der Waals surface area contributed by atoms with Crippen molar-refractivity contribution in [3.05, 3.63) is 155 Å². The largest absolute Gasteiger partial charge is 0.506 e. The molecule has 0 spiro atoms. The first-order chi connectivity index (χ1) is 29.9. The number of fused-ring (bicyclic) bond motifs is 1. The maximum absolute atomic E-state index is 13.8. The average Bonchev–Trinajstić information content (AvgIpc) is 3.96. The summed E-state index contributed by atoms with van der Waals surface area (Å²) < 4.78 is 15.9. The molecule has 2 N–H and O–H groups in total. The summed E-state index contributed by atoms with van der Waals surface area (Å²) in [5, 5.41) is 53.9. The van der Waals surface area contributed by atoms with E-state index in [2.05, 4.69) is 112 Å². The summed E-state index contributed by atoms with van der Waals surface area (Å²) in [5.41, 5.74) is 6.99. The normalized spacial score (nSPS) is 16.8. The van der Waals surface area contributed by atoms with Crippen molar-refractivity contribution in [2.24, 2.45) is 20.4 Å². The van der Waals surface area contributed by atoms with Crippen LogP contribution in [0.15, 0.2) is 123 Å². The standard InChI is InChI=1S/C24H30FN2.2C9H6N4O4S.Co/c1-7-27(8-2)20-12-9-18(17(3)15-20)10-14-23-24(4,5)21-16-19(25)11-13-22(21)26(23)6;2*14-5-1-2-6(7(15)3-5)11-12-9-10-4-8(18-9)13(16)17;/h9-16H,7-8H2,1-6H3;2*1-4H,(H2,10,12,14,15);/q+1;;;/p-2. The Morgan fingerprint density at radius 3 is 1.77 bits per heavy atom. The number of halogens is 1. The van der Waals surface area contributed by atoms with Gasteiger partial charge in [0.25, 0.3) is 0 Å². The second kappa shape index (κ2) is 21.9. The van der Waals surface area contributed by atoms with Crippen molar-refractivity contribution in [2.45, 2.75) is 40.0 Å². The summed E-state index contributed by atoms with van der Waals surface area (Å²) in [4.78, 5) is 51.3. The number of aliphatic hydroxyl groups excluding tert-OH is 2. The SMILES string of the molecule is CCN(CC)c1ccc(/C=C/C2=[N+](C)c3ccc(F)cc3C2(C)C)c(C)c1.O=C1C=CC(=NN=c2[n-]cc([N+](=O)[O-])s2)C(O)=C1.O=C1C=CC(=NN=c2[n-]cc([N+](=O)[O-])s2)C(O)=C1.[Co]. The molecule has 1 radical (unpaired) electrons. The summed E-state index contributed by atoms with van der Waals surface area (Å²) in [6, 6.07) is 11.7. The van der Waals surface area contributed by atoms with Gasteiger partial charge in [-0.3, -0.25) is 40.0 Å². The molecule has 0 amide bonds. The Morgan fingerprint density at radius 2 is 1.33 bits per heavy atom. The van der Waals surface area contributed by atoms with Crippen molar-refractivity contribution in [1.82, 2.24) is 9.97 Å². The molecule has 64 heavy (non-hydrogen) atoms. The third-order valence-electron chi connectivity index (χ3n) is 9.50. The van der Waals surface area contributed by atoms with Crippen molar-refractivity contribution < 1.29 is 55.4 Å². The molecule has 335 valence electrons. The summed E-state index contributed by atoms with van der Waals surface area (Å²) in [5.74, 6) is -1.49. The fraction of sp³-hybridized carbons (Fsp3) is 0.214. The van der Waals surface area contributed by atoms with Crippen molar-refractivity contribution in [3.8, 4) is 0 Å². The summed E-state index contributed by atoms with van der Waals surface area (Å²) in [6.45, 7) is 12.9. The number of aliphatic hydroxyl groups is 2. The predicted octanol–water partition coefficient (Wildman–Crippen LogP) is 6.60. The predicted molar refractivity (Wildman–Crippen MR) is 238 cm³/mol. The van der Waals surface area contributed by atoms with Crippen LogP contribution in [0.1, 0.15) is 44.4 Å². The van der Waals surface area contributed by atoms with Crippen LogP contribution in [0.2, 0.25) is 0 Å². The molecule has 0 fully saturated rings. The molecule has 7 rings (SSSR count). The second-order valence-electron chi connectivity index (χ2n) is 14.0. The van der Waals surface area contributed by atoms with Gasteiger partial charge in [0.2, 0.25) is 5.69 Å². The van der Waals surface area contributed by atoms with Crippen LogP contribution in [0.4, 0.5) is 25.8 Å². The molecule has 18 nitrogen and oxygen atoms in total. The van der Waals surface area contributed by atoms with Gasteiger partial charge in [0.15, 0.2) is 17.3 Å². The number of ketones is 2. The van der Waals surface area contributed by atoms with Gasteiger partial charge in [0, 0.05) is 87.4 Å². The number of carbonyl (C=O) groups is 2. The zero-order valence-corrected chi connectivity index (χ0v) is 37.7. The molecule has 0 saturated heterocycles. The van der Waals surface area contributed by atoms with E-state index in [1.54, 1.807) is 6.07 Å². The zero-order valence-electron chi connectivity index (χ0n) is 35.0. The van der Waals surface area contributed by atoms with Gasteiger partial charge in [-0.05, 0) is 100 Å². The number of aromatic nitrogens is 2. The molecular formula is C42H40CoFN10O8S2-. The van der Waals surface area contributed by atoms with E-state index in [0.29, 0.717) is 0 Å². The van der Waals surface area contributed by atoms with E-state index >= 15 is 0 Å². The van der Waals surface area contributed by atoms with E-state index in [4.69, 9.17) is 0 Å². The molecule has 0 atom stereocenters. The summed E-state index contributed by atoms with van der Waals surface area (Å²) >= 11 is 1.51. The fourth-order valence-corrected chi connectivity index (χ4v) is 7.36. The molecular weight excluding hydrogens is 915 g/mol. The van der Waals surface area contributed by atoms with Crippen molar-refractivity contribution in [1.29, 1.82) is 0 Å². The number of nitro groups is 2. The first kappa shape index (κ1) is 49.6. The van der Waals surface area contributed by atoms with Crippen molar-refractivity contribution >= 4 is 78.8 Å². The Balaban J connectivity index is 0.000000216. The Morgan fingerprint density at radius 1 is 0.812 bits per heavy atom. The van der Waals surface area contributed by atoms with E-state index < -0.39 is 9.85 Å². The molecule has 2 aromatic heterocycles. The number of benzene rings is 2. The number of rotatable bonds is 9. The molecule has 22 heteroatoms. The number of thiazole rings is 2. The molecule has 0 bridgehead atoms. The van der Waals surface area contributed by atoms with Gasteiger partial charge in [-0.1, -0.05) is 28.7 Å². The molecule has 1 aliphatic heterocycles. The summed E-state index contributed by atoms with van der Waals surface area (Å²) in [6.07, 6.45) is 13.5. The van der Waals surface area contributed by atoms with Crippen LogP contribution >= 0.6 is 22.7 Å². The average molecular weight is 955 g/mol. The second-order valence-corrected chi connectivity index (χ2v) is 15.9. The van der Waals surface area contributed by atoms with Gasteiger partial charge in [-0.25, -0.2) is 4.39 Å². The third-order valence-corrected chi connectivity index (χ3v) is 11.2. The maximum atomic E-state index is 13.8. The first-order valence-corrected chi connectivity index (χ1v) is 20.5. The van der Waals surface area contributed by atoms with Crippen LogP contribution in [0.25, 0.3) is 6.08 Å². The Kier molecular flexibility index (Phi) is 17.0. The monoisotopic (exact) mass is 954 g/mol. The Labute approximate surface area is 383 Å². The smallest absolute Gasteiger partial charge is 0.319 e. The first-order valence-electron chi connectivity index (χ1n) is 18.9. The Hall–Kier alpha value is -7.01. The van der Waals surface area contributed by atoms with E-state index in [0.717, 1.165) is 71.6 Å². The summed E-state index contributed by atoms with van der Waals surface area (Å²) in [7, 11) is 2.06. The van der Waals surface area contributed by atoms with Gasteiger partial charge in [0.05, 0.1) is 15.3 Å². The quantitative estimate of drug-likeness (QED) is 0.0783. The third kappa shape index (κ3) is 12.3. The van der Waals surface area contributed by atoms with Gasteiger partial charge in [-0.15, -0.1) is 0 Å². The number of hydrogen-bond donors (Lipinski definition) is 2. The number of carbonyl (C=O) groups excluding carboxylic acids is 2. The van der Waals surface area contributed by atoms with E-state index in [-0.39, 0.29) is 82.1 Å². The molecule has 3 aliphatic rings. The van der Waals surface area contributed by atoms with E-state index in [1.807, 2.05) is 6.07 Å². The van der Waals surface area contributed by atoms with Crippen LogP contribution in [0, 0.1) is 33.0 Å². The molecule has 0 saturated carbocycles. The van der Waals surface area contributed by atoms with Crippen LogP contribution in [-0.2, 0) is 31.8 Å². The van der Waals surface area contributed by atoms with Crippen LogP contribution < -0.4 is 24.5 Å². The minimum absolute atomic E-state index is 0. The Bertz CT molecular complexity index is 2760. The molecule has 0 unspecified atom stereocenters. The zero-order chi connectivity index (χ0) is 46.0. The van der Waals surface area contributed by atoms with E-state index in [1.165, 1.54) is 52.9 Å². The fourth-order valence-electron chi connectivity index (χ4n) is 6.25. The van der Waals surface area contributed by atoms with Gasteiger partial charge in [0.1, 0.15) is 35.8 Å². The van der Waals surface area contributed by atoms with Crippen LogP contribution in [0.5, 0.6) is 0 Å². The van der Waals surface area contributed by atoms with Crippen LogP contribution in [0.3, 0.4) is 0 Å². The minimum atomic E-state index is -0.583. The number of aryl methyl sites for hydroxylation is 1. The van der Waals surface area contributed by atoms with Gasteiger partial charge >= 0.3 is 10.0 Å². The number of anilines is 1. The van der Waals surface area contributed by atoms with Gasteiger partial charge < -0.3 is 35.3 Å². The van der Waals surface area contributed by atoms with Gasteiger partial charge in [-0.2, -0.15) is 4.58 Å². The minimum Gasteiger partial charge on any atom is -0.506 e. The molecule has 2 aromatic carbocycles. The number of allylic oxidation sites excluding steroid dienone is 7. The van der Waals surface area contributed by atoms with E-state index in [9.17, 15) is 44.4 Å². The van der Waals surface area contributed by atoms with Crippen LogP contribution in [-0.4, -0.2) is 73.5 Å². The van der Waals surface area contributed by atoms with Crippen molar-refractivity contribution in [3.63, 3.8) is 0 Å². The number of nitrogens with zero attached hydrogens (tertiary/aromatic N) is 10. The van der Waals surface area contributed by atoms with Crippen molar-refractivity contribution in [2.75, 3.05) is 25.0 Å². The molecule has 4 aromatic rings. The molecule has 2 aliphatic carbocycles. The molecule has 3 heterocycles. The number of hydrogen-bond acceptors (Lipinski definition) is 15. The maximum Gasteiger partial charge on any atom is 0.319 e.